The van der Waals surface area contributed by atoms with Crippen LogP contribution in [-0.2, 0) is 6.54 Å². The first-order valence-corrected chi connectivity index (χ1v) is 6.89. The van der Waals surface area contributed by atoms with Gasteiger partial charge in [0.05, 0.1) is 16.9 Å². The molecule has 0 bridgehead atoms. The molecule has 0 spiro atoms. The molecule has 2 heterocycles. The predicted octanol–water partition coefficient (Wildman–Crippen LogP) is 4.56. The van der Waals surface area contributed by atoms with Gasteiger partial charge in [-0.2, -0.15) is 0 Å². The fourth-order valence-electron chi connectivity index (χ4n) is 1.87. The number of rotatable bonds is 3. The Morgan fingerprint density at radius 3 is 3.00 bits per heavy atom. The SMILES string of the molecule is Clc1ccncc1NCc1csc2ccccc12. The predicted molar refractivity (Wildman–Crippen MR) is 78.4 cm³/mol. The number of benzene rings is 1. The van der Waals surface area contributed by atoms with Crippen molar-refractivity contribution in [1.82, 2.24) is 4.98 Å². The second-order valence-corrected chi connectivity index (χ2v) is 5.28. The van der Waals surface area contributed by atoms with Gasteiger partial charge >= 0.3 is 0 Å². The molecule has 3 aromatic rings. The average Bonchev–Trinajstić information content (AvgIpc) is 2.81. The maximum atomic E-state index is 6.08. The van der Waals surface area contributed by atoms with Crippen LogP contribution in [0.4, 0.5) is 5.69 Å². The zero-order valence-electron chi connectivity index (χ0n) is 9.56. The molecule has 0 aliphatic heterocycles. The summed E-state index contributed by atoms with van der Waals surface area (Å²) in [5.74, 6) is 0. The Kier molecular flexibility index (Phi) is 3.17. The van der Waals surface area contributed by atoms with Crippen LogP contribution in [0.15, 0.2) is 48.1 Å². The largest absolute Gasteiger partial charge is 0.378 e. The smallest absolute Gasteiger partial charge is 0.0718 e. The molecule has 2 aromatic heterocycles. The topological polar surface area (TPSA) is 24.9 Å². The minimum Gasteiger partial charge on any atom is -0.378 e. The maximum Gasteiger partial charge on any atom is 0.0718 e. The highest BCUT2D eigenvalue weighted by Gasteiger charge is 2.04. The number of halogens is 1. The molecule has 4 heteroatoms. The fourth-order valence-corrected chi connectivity index (χ4v) is 3.00. The number of pyridine rings is 1. The van der Waals surface area contributed by atoms with Gasteiger partial charge in [-0.15, -0.1) is 11.3 Å². The van der Waals surface area contributed by atoms with Gasteiger partial charge in [-0.05, 0) is 28.5 Å². The lowest BCUT2D eigenvalue weighted by molar-refractivity contribution is 1.16. The van der Waals surface area contributed by atoms with Crippen molar-refractivity contribution in [2.45, 2.75) is 6.54 Å². The van der Waals surface area contributed by atoms with Crippen molar-refractivity contribution in [2.24, 2.45) is 0 Å². The molecule has 18 heavy (non-hydrogen) atoms. The van der Waals surface area contributed by atoms with Crippen molar-refractivity contribution >= 4 is 38.7 Å². The summed E-state index contributed by atoms with van der Waals surface area (Å²) in [6, 6.07) is 10.2. The fraction of sp³-hybridized carbons (Fsp3) is 0.0714. The van der Waals surface area contributed by atoms with E-state index in [1.807, 2.05) is 0 Å². The zero-order chi connectivity index (χ0) is 12.4. The third-order valence-corrected chi connectivity index (χ3v) is 4.14. The first-order valence-electron chi connectivity index (χ1n) is 5.63. The van der Waals surface area contributed by atoms with E-state index in [-0.39, 0.29) is 0 Å². The molecular weight excluding hydrogens is 264 g/mol. The van der Waals surface area contributed by atoms with Gasteiger partial charge in [-0.3, -0.25) is 4.98 Å². The van der Waals surface area contributed by atoms with Gasteiger partial charge in [0.2, 0.25) is 0 Å². The molecule has 3 rings (SSSR count). The van der Waals surface area contributed by atoms with Crippen LogP contribution in [0.3, 0.4) is 0 Å². The van der Waals surface area contributed by atoms with Crippen molar-refractivity contribution < 1.29 is 0 Å². The van der Waals surface area contributed by atoms with E-state index in [0.29, 0.717) is 5.02 Å². The number of hydrogen-bond acceptors (Lipinski definition) is 3. The summed E-state index contributed by atoms with van der Waals surface area (Å²) in [7, 11) is 0. The molecule has 0 fully saturated rings. The van der Waals surface area contributed by atoms with Gasteiger partial charge in [0, 0.05) is 17.4 Å². The monoisotopic (exact) mass is 274 g/mol. The minimum atomic E-state index is 0.699. The van der Waals surface area contributed by atoms with Crippen molar-refractivity contribution in [3.05, 3.63) is 58.7 Å². The van der Waals surface area contributed by atoms with Crippen molar-refractivity contribution in [3.8, 4) is 0 Å². The molecule has 0 aliphatic rings. The van der Waals surface area contributed by atoms with E-state index in [2.05, 4.69) is 39.9 Å². The van der Waals surface area contributed by atoms with E-state index in [4.69, 9.17) is 11.6 Å². The standard InChI is InChI=1S/C14H11ClN2S/c15-12-5-6-16-8-13(12)17-7-10-9-18-14-4-2-1-3-11(10)14/h1-6,8-9,17H,7H2. The molecule has 0 unspecified atom stereocenters. The van der Waals surface area contributed by atoms with Crippen LogP contribution in [0.25, 0.3) is 10.1 Å². The van der Waals surface area contributed by atoms with Crippen LogP contribution in [0, 0.1) is 0 Å². The Morgan fingerprint density at radius 1 is 1.22 bits per heavy atom. The zero-order valence-corrected chi connectivity index (χ0v) is 11.1. The molecule has 0 saturated heterocycles. The van der Waals surface area contributed by atoms with Crippen LogP contribution in [0.5, 0.6) is 0 Å². The first-order chi connectivity index (χ1) is 8.84. The summed E-state index contributed by atoms with van der Waals surface area (Å²) in [5, 5.41) is 7.50. The lowest BCUT2D eigenvalue weighted by Crippen LogP contribution is -1.99. The van der Waals surface area contributed by atoms with Crippen molar-refractivity contribution in [2.75, 3.05) is 5.32 Å². The van der Waals surface area contributed by atoms with Crippen LogP contribution in [-0.4, -0.2) is 4.98 Å². The van der Waals surface area contributed by atoms with E-state index in [1.165, 1.54) is 15.6 Å². The lowest BCUT2D eigenvalue weighted by Gasteiger charge is -2.06. The molecule has 0 amide bonds. The number of nitrogens with one attached hydrogen (secondary N) is 1. The minimum absolute atomic E-state index is 0.699. The van der Waals surface area contributed by atoms with Gasteiger partial charge in [-0.1, -0.05) is 29.8 Å². The molecule has 0 radical (unpaired) electrons. The van der Waals surface area contributed by atoms with Gasteiger partial charge in [0.25, 0.3) is 0 Å². The van der Waals surface area contributed by atoms with Crippen LogP contribution in [0.2, 0.25) is 5.02 Å². The molecule has 0 aliphatic carbocycles. The first kappa shape index (κ1) is 11.5. The highest BCUT2D eigenvalue weighted by atomic mass is 35.5. The van der Waals surface area contributed by atoms with Gasteiger partial charge < -0.3 is 5.32 Å². The second kappa shape index (κ2) is 4.96. The van der Waals surface area contributed by atoms with Gasteiger partial charge in [-0.25, -0.2) is 0 Å². The molecule has 90 valence electrons. The Balaban J connectivity index is 1.83. The van der Waals surface area contributed by atoms with Gasteiger partial charge in [0.15, 0.2) is 0 Å². The normalized spacial score (nSPS) is 10.7. The summed E-state index contributed by atoms with van der Waals surface area (Å²) < 4.78 is 1.31. The molecule has 2 nitrogen and oxygen atoms in total. The average molecular weight is 275 g/mol. The number of nitrogens with zero attached hydrogens (tertiary/aromatic N) is 1. The third kappa shape index (κ3) is 2.19. The van der Waals surface area contributed by atoms with Gasteiger partial charge in [0.1, 0.15) is 0 Å². The van der Waals surface area contributed by atoms with E-state index in [0.717, 1.165) is 12.2 Å². The molecular formula is C14H11ClN2S. The highest BCUT2D eigenvalue weighted by molar-refractivity contribution is 7.17. The van der Waals surface area contributed by atoms with Crippen molar-refractivity contribution in [3.63, 3.8) is 0 Å². The Hall–Kier alpha value is -1.58. The van der Waals surface area contributed by atoms with E-state index >= 15 is 0 Å². The number of anilines is 1. The molecule has 0 atom stereocenters. The molecule has 0 saturated carbocycles. The third-order valence-electron chi connectivity index (χ3n) is 2.80. The number of aromatic nitrogens is 1. The van der Waals surface area contributed by atoms with Crippen LogP contribution in [0.1, 0.15) is 5.56 Å². The van der Waals surface area contributed by atoms with E-state index in [9.17, 15) is 0 Å². The highest BCUT2D eigenvalue weighted by Crippen LogP contribution is 2.27. The Morgan fingerprint density at radius 2 is 2.11 bits per heavy atom. The van der Waals surface area contributed by atoms with Crippen LogP contribution < -0.4 is 5.32 Å². The summed E-state index contributed by atoms with van der Waals surface area (Å²) in [6.45, 7) is 0.759. The maximum absolute atomic E-state index is 6.08. The Labute approximate surface area is 114 Å². The van der Waals surface area contributed by atoms with E-state index in [1.54, 1.807) is 29.8 Å². The number of hydrogen-bond donors (Lipinski definition) is 1. The summed E-state index contributed by atoms with van der Waals surface area (Å²) in [5.41, 5.74) is 2.16. The number of thiophene rings is 1. The quantitative estimate of drug-likeness (QED) is 0.757. The second-order valence-electron chi connectivity index (χ2n) is 3.97. The van der Waals surface area contributed by atoms with Crippen LogP contribution >= 0.6 is 22.9 Å². The number of fused-ring (bicyclic) bond motifs is 1. The van der Waals surface area contributed by atoms with Crippen molar-refractivity contribution in [1.29, 1.82) is 0 Å². The van der Waals surface area contributed by atoms with E-state index < -0.39 is 0 Å². The summed E-state index contributed by atoms with van der Waals surface area (Å²) >= 11 is 7.85. The summed E-state index contributed by atoms with van der Waals surface area (Å²) in [4.78, 5) is 4.06. The molecule has 1 aromatic carbocycles. The summed E-state index contributed by atoms with van der Waals surface area (Å²) in [6.07, 6.45) is 3.43. The lowest BCUT2D eigenvalue weighted by atomic mass is 10.2. The molecule has 1 N–H and O–H groups in total. The Bertz CT molecular complexity index is 678.